The van der Waals surface area contributed by atoms with Crippen LogP contribution in [0.4, 0.5) is 0 Å². The maximum atomic E-state index is 5.93. The van der Waals surface area contributed by atoms with E-state index >= 15 is 0 Å². The van der Waals surface area contributed by atoms with Crippen LogP contribution >= 0.6 is 11.6 Å². The summed E-state index contributed by atoms with van der Waals surface area (Å²) in [6.07, 6.45) is 3.64. The Morgan fingerprint density at radius 1 is 1.12 bits per heavy atom. The molecule has 0 aliphatic rings. The molecule has 1 aromatic carbocycles. The highest BCUT2D eigenvalue weighted by Crippen LogP contribution is 2.23. The Labute approximate surface area is 111 Å². The second kappa shape index (κ2) is 7.73. The van der Waals surface area contributed by atoms with Crippen molar-refractivity contribution in [3.05, 3.63) is 34.9 Å². The summed E-state index contributed by atoms with van der Waals surface area (Å²) in [6, 6.07) is 8.82. The summed E-state index contributed by atoms with van der Waals surface area (Å²) in [6.45, 7) is 7.85. The first-order valence-corrected chi connectivity index (χ1v) is 7.05. The first-order chi connectivity index (χ1) is 8.19. The Hall–Kier alpha value is -0.530. The van der Waals surface area contributed by atoms with E-state index in [9.17, 15) is 0 Å². The molecular weight excluding hydrogens is 230 g/mol. The molecule has 0 aromatic heterocycles. The fraction of sp³-hybridized carbons (Fsp3) is 0.600. The second-order valence-electron chi connectivity index (χ2n) is 4.69. The highest BCUT2D eigenvalue weighted by atomic mass is 35.5. The van der Waals surface area contributed by atoms with Crippen molar-refractivity contribution in [1.29, 1.82) is 0 Å². The van der Waals surface area contributed by atoms with E-state index in [1.165, 1.54) is 24.8 Å². The molecule has 0 saturated carbocycles. The summed E-state index contributed by atoms with van der Waals surface area (Å²) in [7, 11) is 0. The molecule has 1 nitrogen and oxygen atoms in total. The predicted molar refractivity (Wildman–Crippen MR) is 76.9 cm³/mol. The van der Waals surface area contributed by atoms with E-state index in [1.54, 1.807) is 0 Å². The first kappa shape index (κ1) is 14.5. The minimum absolute atomic E-state index is 0.541. The maximum absolute atomic E-state index is 5.93. The molecule has 1 N–H and O–H groups in total. The minimum atomic E-state index is 0.541. The molecule has 0 aliphatic heterocycles. The van der Waals surface area contributed by atoms with E-state index in [-0.39, 0.29) is 0 Å². The number of halogens is 1. The van der Waals surface area contributed by atoms with Gasteiger partial charge in [0, 0.05) is 11.1 Å². The zero-order valence-corrected chi connectivity index (χ0v) is 11.9. The zero-order valence-electron chi connectivity index (χ0n) is 11.2. The van der Waals surface area contributed by atoms with Gasteiger partial charge in [-0.1, -0.05) is 50.9 Å². The molecule has 2 atom stereocenters. The van der Waals surface area contributed by atoms with Crippen LogP contribution in [0.25, 0.3) is 0 Å². The van der Waals surface area contributed by atoms with Crippen LogP contribution in [-0.4, -0.2) is 12.6 Å². The average Bonchev–Trinajstić information content (AvgIpc) is 2.34. The van der Waals surface area contributed by atoms with Gasteiger partial charge in [-0.2, -0.15) is 0 Å². The van der Waals surface area contributed by atoms with Crippen LogP contribution in [0.5, 0.6) is 0 Å². The lowest BCUT2D eigenvalue weighted by Crippen LogP contribution is -2.34. The molecular formula is C15H24ClN. The highest BCUT2D eigenvalue weighted by molar-refractivity contribution is 6.30. The number of hydrogen-bond donors (Lipinski definition) is 1. The molecule has 17 heavy (non-hydrogen) atoms. The van der Waals surface area contributed by atoms with Crippen molar-refractivity contribution in [1.82, 2.24) is 5.32 Å². The van der Waals surface area contributed by atoms with Gasteiger partial charge in [0.15, 0.2) is 0 Å². The SMILES string of the molecule is CCCNC(CCC)C(C)c1ccc(Cl)cc1. The molecule has 2 unspecified atom stereocenters. The molecule has 0 aliphatic carbocycles. The van der Waals surface area contributed by atoms with Crippen LogP contribution in [0.1, 0.15) is 51.5 Å². The predicted octanol–water partition coefficient (Wildman–Crippen LogP) is 4.61. The Morgan fingerprint density at radius 2 is 1.76 bits per heavy atom. The van der Waals surface area contributed by atoms with Crippen LogP contribution in [-0.2, 0) is 0 Å². The topological polar surface area (TPSA) is 12.0 Å². The number of rotatable bonds is 7. The molecule has 96 valence electrons. The molecule has 0 saturated heterocycles. The quantitative estimate of drug-likeness (QED) is 0.748. The lowest BCUT2D eigenvalue weighted by molar-refractivity contribution is 0.420. The second-order valence-corrected chi connectivity index (χ2v) is 5.13. The van der Waals surface area contributed by atoms with Crippen molar-refractivity contribution in [3.63, 3.8) is 0 Å². The van der Waals surface area contributed by atoms with Gasteiger partial charge in [-0.15, -0.1) is 0 Å². The van der Waals surface area contributed by atoms with Crippen LogP contribution in [0.3, 0.4) is 0 Å². The fourth-order valence-electron chi connectivity index (χ4n) is 2.17. The van der Waals surface area contributed by atoms with Gasteiger partial charge >= 0.3 is 0 Å². The maximum Gasteiger partial charge on any atom is 0.0406 e. The van der Waals surface area contributed by atoms with E-state index in [4.69, 9.17) is 11.6 Å². The van der Waals surface area contributed by atoms with Crippen LogP contribution in [0.2, 0.25) is 5.02 Å². The van der Waals surface area contributed by atoms with Crippen molar-refractivity contribution in [2.75, 3.05) is 6.54 Å². The van der Waals surface area contributed by atoms with Gasteiger partial charge in [-0.05, 0) is 43.0 Å². The van der Waals surface area contributed by atoms with Crippen molar-refractivity contribution in [2.24, 2.45) is 0 Å². The number of hydrogen-bond acceptors (Lipinski definition) is 1. The highest BCUT2D eigenvalue weighted by Gasteiger charge is 2.17. The van der Waals surface area contributed by atoms with Crippen LogP contribution in [0, 0.1) is 0 Å². The normalized spacial score (nSPS) is 14.6. The summed E-state index contributed by atoms with van der Waals surface area (Å²) in [5.74, 6) is 0.541. The summed E-state index contributed by atoms with van der Waals surface area (Å²) in [5, 5.41) is 4.46. The van der Waals surface area contributed by atoms with Gasteiger partial charge in [0.05, 0.1) is 0 Å². The largest absolute Gasteiger partial charge is 0.313 e. The van der Waals surface area contributed by atoms with Gasteiger partial charge < -0.3 is 5.32 Å². The van der Waals surface area contributed by atoms with E-state index in [2.05, 4.69) is 38.2 Å². The number of benzene rings is 1. The third-order valence-electron chi connectivity index (χ3n) is 3.26. The number of nitrogens with one attached hydrogen (secondary N) is 1. The van der Waals surface area contributed by atoms with E-state index < -0.39 is 0 Å². The molecule has 1 rings (SSSR count). The Balaban J connectivity index is 2.68. The van der Waals surface area contributed by atoms with Crippen molar-refractivity contribution in [2.45, 2.75) is 52.0 Å². The molecule has 0 fully saturated rings. The summed E-state index contributed by atoms with van der Waals surface area (Å²) < 4.78 is 0. The van der Waals surface area contributed by atoms with Gasteiger partial charge in [0.25, 0.3) is 0 Å². The standard InChI is InChI=1S/C15H24ClN/c1-4-6-15(17-11-5-2)12(3)13-7-9-14(16)10-8-13/h7-10,12,15,17H,4-6,11H2,1-3H3. The molecule has 0 radical (unpaired) electrons. The third kappa shape index (κ3) is 4.69. The van der Waals surface area contributed by atoms with Gasteiger partial charge in [-0.3, -0.25) is 0 Å². The Morgan fingerprint density at radius 3 is 2.29 bits per heavy atom. The Kier molecular flexibility index (Phi) is 6.61. The van der Waals surface area contributed by atoms with Crippen molar-refractivity contribution < 1.29 is 0 Å². The van der Waals surface area contributed by atoms with Crippen molar-refractivity contribution in [3.8, 4) is 0 Å². The minimum Gasteiger partial charge on any atom is -0.313 e. The van der Waals surface area contributed by atoms with Gasteiger partial charge in [-0.25, -0.2) is 0 Å². The summed E-state index contributed by atoms with van der Waals surface area (Å²) in [4.78, 5) is 0. The Bertz CT molecular complexity index is 307. The monoisotopic (exact) mass is 253 g/mol. The lowest BCUT2D eigenvalue weighted by atomic mass is 9.90. The van der Waals surface area contributed by atoms with Crippen LogP contribution in [0.15, 0.2) is 24.3 Å². The van der Waals surface area contributed by atoms with Gasteiger partial charge in [0.1, 0.15) is 0 Å². The fourth-order valence-corrected chi connectivity index (χ4v) is 2.29. The first-order valence-electron chi connectivity index (χ1n) is 6.67. The van der Waals surface area contributed by atoms with E-state index in [0.717, 1.165) is 11.6 Å². The molecule has 0 heterocycles. The summed E-state index contributed by atoms with van der Waals surface area (Å²) in [5.41, 5.74) is 1.37. The molecule has 0 spiro atoms. The lowest BCUT2D eigenvalue weighted by Gasteiger charge is -2.25. The average molecular weight is 254 g/mol. The molecule has 0 amide bonds. The smallest absolute Gasteiger partial charge is 0.0406 e. The van der Waals surface area contributed by atoms with Gasteiger partial charge in [0.2, 0.25) is 0 Å². The molecule has 2 heteroatoms. The summed E-state index contributed by atoms with van der Waals surface area (Å²) >= 11 is 5.93. The van der Waals surface area contributed by atoms with E-state index in [0.29, 0.717) is 12.0 Å². The molecule has 1 aromatic rings. The third-order valence-corrected chi connectivity index (χ3v) is 3.51. The van der Waals surface area contributed by atoms with E-state index in [1.807, 2.05) is 12.1 Å². The molecule has 0 bridgehead atoms. The van der Waals surface area contributed by atoms with Crippen LogP contribution < -0.4 is 5.32 Å². The zero-order chi connectivity index (χ0) is 12.7. The van der Waals surface area contributed by atoms with Crippen molar-refractivity contribution >= 4 is 11.6 Å².